The summed E-state index contributed by atoms with van der Waals surface area (Å²) in [4.78, 5) is 8.62. The predicted molar refractivity (Wildman–Crippen MR) is 106 cm³/mol. The van der Waals surface area contributed by atoms with Gasteiger partial charge in [-0.25, -0.2) is 4.98 Å². The van der Waals surface area contributed by atoms with E-state index in [9.17, 15) is 10.4 Å². The molecule has 4 aromatic rings. The van der Waals surface area contributed by atoms with Crippen LogP contribution in [-0.4, -0.2) is 31.8 Å². The molecule has 0 spiro atoms. The number of pyridine rings is 2. The zero-order chi connectivity index (χ0) is 19.3. The smallest absolute Gasteiger partial charge is 0.231 e. The van der Waals surface area contributed by atoms with E-state index in [1.54, 1.807) is 12.4 Å². The number of rotatable bonds is 3. The van der Waals surface area contributed by atoms with Gasteiger partial charge in [0.25, 0.3) is 0 Å². The van der Waals surface area contributed by atoms with Crippen LogP contribution in [0.5, 0.6) is 5.88 Å². The molecule has 0 unspecified atom stereocenters. The third-order valence-electron chi connectivity index (χ3n) is 5.46. The van der Waals surface area contributed by atoms with Crippen LogP contribution in [0, 0.1) is 11.3 Å². The molecule has 3 aromatic heterocycles. The van der Waals surface area contributed by atoms with Gasteiger partial charge < -0.3 is 14.4 Å². The van der Waals surface area contributed by atoms with Gasteiger partial charge in [-0.05, 0) is 23.8 Å². The highest BCUT2D eigenvalue weighted by Gasteiger charge is 2.30. The molecule has 1 saturated carbocycles. The van der Waals surface area contributed by atoms with Crippen LogP contribution in [0.15, 0.2) is 48.9 Å². The fraction of sp³-hybridized carbons (Fsp3) is 0.227. The maximum atomic E-state index is 9.53. The van der Waals surface area contributed by atoms with Gasteiger partial charge in [0.1, 0.15) is 17.7 Å². The summed E-state index contributed by atoms with van der Waals surface area (Å²) in [7, 11) is 2.04. The molecule has 138 valence electrons. The van der Waals surface area contributed by atoms with Crippen LogP contribution in [0.3, 0.4) is 0 Å². The summed E-state index contributed by atoms with van der Waals surface area (Å²) in [6, 6.07) is 12.2. The highest BCUT2D eigenvalue weighted by atomic mass is 16.5. The summed E-state index contributed by atoms with van der Waals surface area (Å²) in [6.45, 7) is 0. The van der Waals surface area contributed by atoms with E-state index >= 15 is 0 Å². The summed E-state index contributed by atoms with van der Waals surface area (Å²) in [5.41, 5.74) is 4.48. The van der Waals surface area contributed by atoms with Crippen molar-refractivity contribution in [2.75, 3.05) is 0 Å². The number of hydrogen-bond acceptors (Lipinski definition) is 5. The second-order valence-electron chi connectivity index (χ2n) is 7.24. The molecule has 0 bridgehead atoms. The Balaban J connectivity index is 1.55. The Bertz CT molecular complexity index is 1250. The predicted octanol–water partition coefficient (Wildman–Crippen LogP) is 3.56. The number of fused-ring (bicyclic) bond motifs is 3. The summed E-state index contributed by atoms with van der Waals surface area (Å²) in [5.74, 6) is 0.333. The van der Waals surface area contributed by atoms with Gasteiger partial charge in [0.2, 0.25) is 5.88 Å². The lowest BCUT2D eigenvalue weighted by Crippen LogP contribution is -2.37. The Kier molecular flexibility index (Phi) is 3.78. The maximum absolute atomic E-state index is 9.53. The van der Waals surface area contributed by atoms with E-state index in [-0.39, 0.29) is 12.2 Å². The van der Waals surface area contributed by atoms with Gasteiger partial charge >= 0.3 is 0 Å². The summed E-state index contributed by atoms with van der Waals surface area (Å²) in [6.07, 6.45) is 6.21. The molecule has 0 radical (unpaired) electrons. The average Bonchev–Trinajstić information content (AvgIpc) is 2.99. The Hall–Kier alpha value is -3.43. The van der Waals surface area contributed by atoms with Crippen molar-refractivity contribution in [3.8, 4) is 23.1 Å². The van der Waals surface area contributed by atoms with Gasteiger partial charge in [-0.1, -0.05) is 12.1 Å². The van der Waals surface area contributed by atoms with Crippen molar-refractivity contribution in [2.45, 2.75) is 25.0 Å². The molecule has 0 aliphatic heterocycles. The molecule has 5 rings (SSSR count). The Labute approximate surface area is 161 Å². The number of aromatic nitrogens is 3. The number of aryl methyl sites for hydroxylation is 1. The van der Waals surface area contributed by atoms with Crippen molar-refractivity contribution >= 4 is 21.8 Å². The van der Waals surface area contributed by atoms with Crippen LogP contribution in [-0.2, 0) is 7.05 Å². The number of nitrogens with zero attached hydrogens (tertiary/aromatic N) is 4. The zero-order valence-corrected chi connectivity index (χ0v) is 15.3. The van der Waals surface area contributed by atoms with Gasteiger partial charge in [0.05, 0.1) is 11.6 Å². The minimum atomic E-state index is -0.308. The monoisotopic (exact) mass is 370 g/mol. The molecule has 0 amide bonds. The molecule has 0 saturated heterocycles. The molecule has 0 atom stereocenters. The fourth-order valence-corrected chi connectivity index (χ4v) is 3.81. The Morgan fingerprint density at radius 3 is 2.75 bits per heavy atom. The minimum absolute atomic E-state index is 0.0683. The van der Waals surface area contributed by atoms with Gasteiger partial charge in [-0.2, -0.15) is 5.26 Å². The van der Waals surface area contributed by atoms with E-state index in [2.05, 4.69) is 32.7 Å². The lowest BCUT2D eigenvalue weighted by atomic mass is 9.92. The molecule has 1 aliphatic rings. The molecule has 3 heterocycles. The lowest BCUT2D eigenvalue weighted by molar-refractivity contribution is -0.0129. The molecule has 1 N–H and O–H groups in total. The number of ether oxygens (including phenoxy) is 1. The third-order valence-corrected chi connectivity index (χ3v) is 5.46. The molecular formula is C22H18N4O2. The highest BCUT2D eigenvalue weighted by Crippen LogP contribution is 2.33. The molecule has 6 nitrogen and oxygen atoms in total. The van der Waals surface area contributed by atoms with E-state index in [1.165, 1.54) is 0 Å². The van der Waals surface area contributed by atoms with Crippen LogP contribution in [0.1, 0.15) is 18.4 Å². The minimum Gasteiger partial charge on any atom is -0.473 e. The SMILES string of the molecule is Cn1c2ccncc2c2ccc(-c3cnc(OC4CC(O)C4)c(C#N)c3)cc21. The lowest BCUT2D eigenvalue weighted by Gasteiger charge is -2.31. The van der Waals surface area contributed by atoms with Crippen LogP contribution >= 0.6 is 0 Å². The number of aliphatic hydroxyl groups excluding tert-OH is 1. The summed E-state index contributed by atoms with van der Waals surface area (Å²) >= 11 is 0. The topological polar surface area (TPSA) is 84.0 Å². The van der Waals surface area contributed by atoms with Crippen LogP contribution < -0.4 is 4.74 Å². The number of nitriles is 1. The van der Waals surface area contributed by atoms with Gasteiger partial charge in [-0.3, -0.25) is 4.98 Å². The van der Waals surface area contributed by atoms with Crippen molar-refractivity contribution in [2.24, 2.45) is 7.05 Å². The maximum Gasteiger partial charge on any atom is 0.231 e. The van der Waals surface area contributed by atoms with E-state index in [4.69, 9.17) is 4.74 Å². The van der Waals surface area contributed by atoms with Crippen molar-refractivity contribution in [1.29, 1.82) is 5.26 Å². The largest absolute Gasteiger partial charge is 0.473 e. The van der Waals surface area contributed by atoms with E-state index in [0.717, 1.165) is 32.9 Å². The standard InChI is InChI=1S/C22H18N4O2/c1-26-20-4-5-24-12-19(20)18-3-2-13(7-21(18)26)15-6-14(10-23)22(25-11-15)28-17-8-16(27)9-17/h2-7,11-12,16-17,27H,8-9H2,1H3. The van der Waals surface area contributed by atoms with Gasteiger partial charge in [0.15, 0.2) is 0 Å². The number of benzene rings is 1. The first kappa shape index (κ1) is 16.7. The first-order valence-corrected chi connectivity index (χ1v) is 9.21. The molecule has 1 fully saturated rings. The third kappa shape index (κ3) is 2.60. The van der Waals surface area contributed by atoms with E-state index in [1.807, 2.05) is 31.4 Å². The Morgan fingerprint density at radius 2 is 1.96 bits per heavy atom. The summed E-state index contributed by atoms with van der Waals surface area (Å²) in [5, 5.41) is 21.2. The molecule has 28 heavy (non-hydrogen) atoms. The van der Waals surface area contributed by atoms with Crippen LogP contribution in [0.2, 0.25) is 0 Å². The average molecular weight is 370 g/mol. The van der Waals surface area contributed by atoms with Crippen LogP contribution in [0.4, 0.5) is 0 Å². The normalized spacial score (nSPS) is 18.8. The molecule has 1 aromatic carbocycles. The zero-order valence-electron chi connectivity index (χ0n) is 15.3. The van der Waals surface area contributed by atoms with Crippen LogP contribution in [0.25, 0.3) is 32.9 Å². The van der Waals surface area contributed by atoms with Crippen molar-refractivity contribution in [3.05, 3.63) is 54.5 Å². The molecule has 6 heteroatoms. The van der Waals surface area contributed by atoms with Gasteiger partial charge in [-0.15, -0.1) is 0 Å². The molecule has 1 aliphatic carbocycles. The van der Waals surface area contributed by atoms with Gasteiger partial charge in [0, 0.05) is 60.3 Å². The molecular weight excluding hydrogens is 352 g/mol. The second kappa shape index (κ2) is 6.32. The second-order valence-corrected chi connectivity index (χ2v) is 7.24. The quantitative estimate of drug-likeness (QED) is 0.596. The number of aliphatic hydroxyl groups is 1. The number of hydrogen-bond donors (Lipinski definition) is 1. The van der Waals surface area contributed by atoms with E-state index in [0.29, 0.717) is 24.3 Å². The van der Waals surface area contributed by atoms with Crippen molar-refractivity contribution < 1.29 is 9.84 Å². The summed E-state index contributed by atoms with van der Waals surface area (Å²) < 4.78 is 7.90. The first-order chi connectivity index (χ1) is 13.6. The highest BCUT2D eigenvalue weighted by molar-refractivity contribution is 6.08. The Morgan fingerprint density at radius 1 is 1.11 bits per heavy atom. The van der Waals surface area contributed by atoms with E-state index < -0.39 is 0 Å². The van der Waals surface area contributed by atoms with Crippen molar-refractivity contribution in [3.63, 3.8) is 0 Å². The van der Waals surface area contributed by atoms with Crippen molar-refractivity contribution in [1.82, 2.24) is 14.5 Å². The fourth-order valence-electron chi connectivity index (χ4n) is 3.81. The first-order valence-electron chi connectivity index (χ1n) is 9.21.